The van der Waals surface area contributed by atoms with Gasteiger partial charge in [-0.25, -0.2) is 4.98 Å². The van der Waals surface area contributed by atoms with E-state index in [1.54, 1.807) is 16.9 Å². The predicted octanol–water partition coefficient (Wildman–Crippen LogP) is 1.94. The Hall–Kier alpha value is -1.58. The van der Waals surface area contributed by atoms with Crippen molar-refractivity contribution in [2.75, 3.05) is 5.32 Å². The molecule has 0 saturated heterocycles. The van der Waals surface area contributed by atoms with Gasteiger partial charge in [0.15, 0.2) is 5.65 Å². The monoisotopic (exact) mass is 190 g/mol. The number of nitrogens with one attached hydrogen (secondary N) is 1. The van der Waals surface area contributed by atoms with E-state index < -0.39 is 0 Å². The van der Waals surface area contributed by atoms with Crippen molar-refractivity contribution in [3.8, 4) is 0 Å². The zero-order valence-corrected chi connectivity index (χ0v) is 8.65. The average molecular weight is 190 g/mol. The van der Waals surface area contributed by atoms with E-state index in [2.05, 4.69) is 36.2 Å². The quantitative estimate of drug-likeness (QED) is 0.747. The lowest BCUT2D eigenvalue weighted by Crippen LogP contribution is -2.27. The second-order valence-electron chi connectivity index (χ2n) is 4.31. The van der Waals surface area contributed by atoms with Crippen LogP contribution in [0.1, 0.15) is 20.8 Å². The fourth-order valence-corrected chi connectivity index (χ4v) is 1.30. The summed E-state index contributed by atoms with van der Waals surface area (Å²) in [6, 6.07) is 3.81. The molecule has 0 saturated carbocycles. The van der Waals surface area contributed by atoms with Gasteiger partial charge in [0.05, 0.1) is 6.20 Å². The zero-order valence-electron chi connectivity index (χ0n) is 8.65. The van der Waals surface area contributed by atoms with Crippen molar-refractivity contribution in [3.05, 3.63) is 24.5 Å². The lowest BCUT2D eigenvalue weighted by atomic mass is 10.1. The molecule has 0 aliphatic heterocycles. The zero-order chi connectivity index (χ0) is 10.2. The van der Waals surface area contributed by atoms with Crippen molar-refractivity contribution in [1.82, 2.24) is 14.6 Å². The molecule has 2 rings (SSSR count). The number of aromatic nitrogens is 3. The maximum atomic E-state index is 4.24. The number of anilines is 1. The minimum Gasteiger partial charge on any atom is -0.364 e. The summed E-state index contributed by atoms with van der Waals surface area (Å²) in [5.41, 5.74) is 0.882. The molecule has 0 amide bonds. The number of fused-ring (bicyclic) bond motifs is 1. The third-order valence-electron chi connectivity index (χ3n) is 1.78. The Labute approximate surface area is 83.0 Å². The Kier molecular flexibility index (Phi) is 1.91. The fourth-order valence-electron chi connectivity index (χ4n) is 1.30. The molecule has 2 heterocycles. The van der Waals surface area contributed by atoms with Gasteiger partial charge in [0.2, 0.25) is 0 Å². The van der Waals surface area contributed by atoms with Crippen LogP contribution in [0, 0.1) is 0 Å². The Morgan fingerprint density at radius 1 is 1.36 bits per heavy atom. The number of imidazole rings is 1. The Morgan fingerprint density at radius 3 is 2.86 bits per heavy atom. The van der Waals surface area contributed by atoms with E-state index in [1.165, 1.54) is 0 Å². The largest absolute Gasteiger partial charge is 0.364 e. The van der Waals surface area contributed by atoms with Crippen LogP contribution in [0.2, 0.25) is 0 Å². The van der Waals surface area contributed by atoms with Crippen LogP contribution < -0.4 is 5.32 Å². The van der Waals surface area contributed by atoms with E-state index >= 15 is 0 Å². The van der Waals surface area contributed by atoms with Crippen molar-refractivity contribution in [1.29, 1.82) is 0 Å². The molecule has 4 nitrogen and oxygen atoms in total. The highest BCUT2D eigenvalue weighted by atomic mass is 15.3. The number of hydrogen-bond donors (Lipinski definition) is 1. The standard InChI is InChI=1S/C10H14N4/c1-10(2,3)13-9-7-11-8-5-4-6-12-14(8)9/h4-7,13H,1-3H3. The van der Waals surface area contributed by atoms with Gasteiger partial charge in [-0.3, -0.25) is 0 Å². The summed E-state index contributed by atoms with van der Waals surface area (Å²) in [5, 5.41) is 7.56. The van der Waals surface area contributed by atoms with E-state index in [-0.39, 0.29) is 5.54 Å². The number of rotatable bonds is 1. The SMILES string of the molecule is CC(C)(C)Nc1cnc2cccnn12. The molecular weight excluding hydrogens is 176 g/mol. The molecule has 14 heavy (non-hydrogen) atoms. The molecule has 0 aromatic carbocycles. The van der Waals surface area contributed by atoms with Crippen molar-refractivity contribution in [2.45, 2.75) is 26.3 Å². The molecule has 2 aromatic rings. The van der Waals surface area contributed by atoms with Crippen LogP contribution in [0.25, 0.3) is 5.65 Å². The minimum atomic E-state index is 0.0213. The molecular formula is C10H14N4. The average Bonchev–Trinajstić information content (AvgIpc) is 2.47. The molecule has 4 heteroatoms. The Bertz CT molecular complexity index is 439. The van der Waals surface area contributed by atoms with Crippen LogP contribution in [0.4, 0.5) is 5.82 Å². The molecule has 0 unspecified atom stereocenters. The van der Waals surface area contributed by atoms with Crippen molar-refractivity contribution in [3.63, 3.8) is 0 Å². The third-order valence-corrected chi connectivity index (χ3v) is 1.78. The molecule has 2 aromatic heterocycles. The number of nitrogens with zero attached hydrogens (tertiary/aromatic N) is 3. The highest BCUT2D eigenvalue weighted by Gasteiger charge is 2.12. The topological polar surface area (TPSA) is 42.2 Å². The Balaban J connectivity index is 2.44. The van der Waals surface area contributed by atoms with Crippen LogP contribution >= 0.6 is 0 Å². The van der Waals surface area contributed by atoms with Gasteiger partial charge in [-0.1, -0.05) is 0 Å². The van der Waals surface area contributed by atoms with Crippen LogP contribution in [0.15, 0.2) is 24.5 Å². The molecule has 0 aliphatic carbocycles. The maximum Gasteiger partial charge on any atom is 0.155 e. The van der Waals surface area contributed by atoms with Gasteiger partial charge in [-0.05, 0) is 32.9 Å². The molecule has 0 aliphatic rings. The first-order valence-electron chi connectivity index (χ1n) is 4.63. The van der Waals surface area contributed by atoms with Gasteiger partial charge >= 0.3 is 0 Å². The maximum absolute atomic E-state index is 4.24. The van der Waals surface area contributed by atoms with Crippen LogP contribution in [0.5, 0.6) is 0 Å². The highest BCUT2D eigenvalue weighted by molar-refractivity contribution is 5.48. The summed E-state index contributed by atoms with van der Waals surface area (Å²) >= 11 is 0. The second kappa shape index (κ2) is 2.97. The summed E-state index contributed by atoms with van der Waals surface area (Å²) in [6.45, 7) is 6.32. The first kappa shape index (κ1) is 8.99. The normalized spacial score (nSPS) is 11.9. The molecule has 0 radical (unpaired) electrons. The molecule has 0 fully saturated rings. The summed E-state index contributed by atoms with van der Waals surface area (Å²) in [5.74, 6) is 0.924. The fraction of sp³-hybridized carbons (Fsp3) is 0.400. The molecule has 0 bridgehead atoms. The van der Waals surface area contributed by atoms with Gasteiger partial charge in [-0.15, -0.1) is 0 Å². The lowest BCUT2D eigenvalue weighted by molar-refractivity contribution is 0.626. The van der Waals surface area contributed by atoms with E-state index in [0.717, 1.165) is 11.5 Å². The van der Waals surface area contributed by atoms with Crippen LogP contribution in [-0.2, 0) is 0 Å². The van der Waals surface area contributed by atoms with Gasteiger partial charge in [-0.2, -0.15) is 9.61 Å². The summed E-state index contributed by atoms with van der Waals surface area (Å²) in [4.78, 5) is 4.24. The van der Waals surface area contributed by atoms with Crippen molar-refractivity contribution in [2.24, 2.45) is 0 Å². The number of hydrogen-bond acceptors (Lipinski definition) is 3. The summed E-state index contributed by atoms with van der Waals surface area (Å²) in [6.07, 6.45) is 3.55. The molecule has 0 spiro atoms. The van der Waals surface area contributed by atoms with E-state index in [9.17, 15) is 0 Å². The third kappa shape index (κ3) is 1.69. The van der Waals surface area contributed by atoms with E-state index in [0.29, 0.717) is 0 Å². The van der Waals surface area contributed by atoms with Crippen LogP contribution in [0.3, 0.4) is 0 Å². The van der Waals surface area contributed by atoms with Gasteiger partial charge in [0, 0.05) is 11.7 Å². The molecule has 74 valence electrons. The Morgan fingerprint density at radius 2 is 2.14 bits per heavy atom. The summed E-state index contributed by atoms with van der Waals surface area (Å²) in [7, 11) is 0. The van der Waals surface area contributed by atoms with E-state index in [1.807, 2.05) is 12.1 Å². The minimum absolute atomic E-state index is 0.0213. The van der Waals surface area contributed by atoms with Gasteiger partial charge in [0.25, 0.3) is 0 Å². The predicted molar refractivity (Wildman–Crippen MR) is 56.4 cm³/mol. The van der Waals surface area contributed by atoms with Gasteiger partial charge < -0.3 is 5.32 Å². The first-order chi connectivity index (χ1) is 6.56. The first-order valence-corrected chi connectivity index (χ1v) is 4.63. The lowest BCUT2D eigenvalue weighted by Gasteiger charge is -2.20. The molecule has 0 atom stereocenters. The summed E-state index contributed by atoms with van der Waals surface area (Å²) < 4.78 is 1.80. The molecule has 1 N–H and O–H groups in total. The highest BCUT2D eigenvalue weighted by Crippen LogP contribution is 2.14. The van der Waals surface area contributed by atoms with Crippen molar-refractivity contribution >= 4 is 11.5 Å². The van der Waals surface area contributed by atoms with Crippen LogP contribution in [-0.4, -0.2) is 20.1 Å². The smallest absolute Gasteiger partial charge is 0.155 e. The van der Waals surface area contributed by atoms with Gasteiger partial charge in [0.1, 0.15) is 5.82 Å². The second-order valence-corrected chi connectivity index (χ2v) is 4.31. The van der Waals surface area contributed by atoms with E-state index in [4.69, 9.17) is 0 Å². The van der Waals surface area contributed by atoms with Crippen molar-refractivity contribution < 1.29 is 0 Å².